The van der Waals surface area contributed by atoms with Crippen LogP contribution in [0.4, 0.5) is 0 Å². The molecule has 130 valence electrons. The first-order chi connectivity index (χ1) is 12.7. The minimum Gasteiger partial charge on any atom is -0.439 e. The lowest BCUT2D eigenvalue weighted by Crippen LogP contribution is -2.25. The van der Waals surface area contributed by atoms with E-state index in [2.05, 4.69) is 20.3 Å². The Hall–Kier alpha value is -3.48. The molecule has 0 unspecified atom stereocenters. The van der Waals surface area contributed by atoms with E-state index in [4.69, 9.17) is 4.42 Å². The topological polar surface area (TPSA) is 101 Å². The fourth-order valence-corrected chi connectivity index (χ4v) is 2.73. The van der Waals surface area contributed by atoms with Crippen LogP contribution in [-0.4, -0.2) is 20.9 Å². The molecule has 0 spiro atoms. The molecule has 4 rings (SSSR count). The summed E-state index contributed by atoms with van der Waals surface area (Å²) in [6.07, 6.45) is 0.425. The van der Waals surface area contributed by atoms with Gasteiger partial charge in [-0.15, -0.1) is 0 Å². The summed E-state index contributed by atoms with van der Waals surface area (Å²) in [5, 5.41) is 2.75. The lowest BCUT2D eigenvalue weighted by molar-refractivity contribution is -0.121. The fourth-order valence-electron chi connectivity index (χ4n) is 2.73. The Labute approximate surface area is 148 Å². The number of oxazole rings is 1. The number of amides is 1. The Morgan fingerprint density at radius 3 is 2.65 bits per heavy atom. The first-order valence-corrected chi connectivity index (χ1v) is 8.28. The van der Waals surface area contributed by atoms with Crippen LogP contribution in [0, 0.1) is 0 Å². The Morgan fingerprint density at radius 1 is 1.04 bits per heavy atom. The van der Waals surface area contributed by atoms with Gasteiger partial charge in [0.15, 0.2) is 5.58 Å². The third-order valence-corrected chi connectivity index (χ3v) is 4.03. The van der Waals surface area contributed by atoms with Crippen LogP contribution < -0.4 is 10.9 Å². The molecular weight excluding hydrogens is 332 g/mol. The third kappa shape index (κ3) is 3.32. The SMILES string of the molecule is O=C(CCc1nc2ccccc2[nH]c1=O)NCc1nc2ccccc2o1. The molecule has 0 fully saturated rings. The Kier molecular flexibility index (Phi) is 4.18. The molecule has 0 aliphatic rings. The van der Waals surface area contributed by atoms with Crippen molar-refractivity contribution < 1.29 is 9.21 Å². The zero-order valence-electron chi connectivity index (χ0n) is 13.9. The van der Waals surface area contributed by atoms with Crippen LogP contribution in [0.1, 0.15) is 18.0 Å². The highest BCUT2D eigenvalue weighted by Gasteiger charge is 2.10. The van der Waals surface area contributed by atoms with Gasteiger partial charge in [-0.2, -0.15) is 0 Å². The van der Waals surface area contributed by atoms with Crippen molar-refractivity contribution in [2.45, 2.75) is 19.4 Å². The van der Waals surface area contributed by atoms with E-state index in [9.17, 15) is 9.59 Å². The average molecular weight is 348 g/mol. The monoisotopic (exact) mass is 348 g/mol. The molecule has 2 heterocycles. The van der Waals surface area contributed by atoms with Crippen LogP contribution in [0.15, 0.2) is 57.7 Å². The van der Waals surface area contributed by atoms with Gasteiger partial charge in [0.05, 0.1) is 17.6 Å². The highest BCUT2D eigenvalue weighted by atomic mass is 16.3. The van der Waals surface area contributed by atoms with E-state index in [-0.39, 0.29) is 30.9 Å². The van der Waals surface area contributed by atoms with Gasteiger partial charge in [-0.3, -0.25) is 9.59 Å². The molecule has 7 nitrogen and oxygen atoms in total. The van der Waals surface area contributed by atoms with Crippen molar-refractivity contribution in [3.63, 3.8) is 0 Å². The molecule has 2 N–H and O–H groups in total. The van der Waals surface area contributed by atoms with Crippen LogP contribution in [0.25, 0.3) is 22.1 Å². The van der Waals surface area contributed by atoms with Crippen molar-refractivity contribution in [3.8, 4) is 0 Å². The van der Waals surface area contributed by atoms with Crippen LogP contribution in [-0.2, 0) is 17.8 Å². The Bertz CT molecular complexity index is 1110. The van der Waals surface area contributed by atoms with E-state index in [1.807, 2.05) is 42.5 Å². The Morgan fingerprint density at radius 2 is 1.81 bits per heavy atom. The van der Waals surface area contributed by atoms with E-state index in [0.29, 0.717) is 28.2 Å². The molecular formula is C19H16N4O3. The minimum absolute atomic E-state index is 0.161. The van der Waals surface area contributed by atoms with Crippen LogP contribution in [0.3, 0.4) is 0 Å². The predicted octanol–water partition coefficient (Wildman–Crippen LogP) is 2.31. The van der Waals surface area contributed by atoms with Gasteiger partial charge in [-0.05, 0) is 24.3 Å². The lowest BCUT2D eigenvalue weighted by Gasteiger charge is -2.03. The quantitative estimate of drug-likeness (QED) is 0.576. The summed E-state index contributed by atoms with van der Waals surface area (Å²) in [6.45, 7) is 0.203. The van der Waals surface area contributed by atoms with Gasteiger partial charge in [-0.1, -0.05) is 24.3 Å². The number of para-hydroxylation sites is 4. The number of nitrogens with zero attached hydrogens (tertiary/aromatic N) is 2. The lowest BCUT2D eigenvalue weighted by atomic mass is 10.2. The van der Waals surface area contributed by atoms with Gasteiger partial charge in [0.25, 0.3) is 5.56 Å². The summed E-state index contributed by atoms with van der Waals surface area (Å²) in [5.41, 5.74) is 2.90. The summed E-state index contributed by atoms with van der Waals surface area (Å²) in [7, 11) is 0. The van der Waals surface area contributed by atoms with Crippen molar-refractivity contribution in [2.24, 2.45) is 0 Å². The molecule has 4 aromatic rings. The number of nitrogens with one attached hydrogen (secondary N) is 2. The molecule has 1 amide bonds. The average Bonchev–Trinajstić information content (AvgIpc) is 3.07. The van der Waals surface area contributed by atoms with Crippen LogP contribution in [0.2, 0.25) is 0 Å². The number of benzene rings is 2. The molecule has 0 bridgehead atoms. The summed E-state index contributed by atoms with van der Waals surface area (Å²) in [5.74, 6) is 0.253. The van der Waals surface area contributed by atoms with E-state index < -0.39 is 0 Å². The standard InChI is InChI=1S/C19H16N4O3/c24-17(20-11-18-22-14-7-3-4-8-16(14)26-18)10-9-15-19(25)23-13-6-2-1-5-12(13)21-15/h1-8H,9-11H2,(H,20,24)(H,23,25). The van der Waals surface area contributed by atoms with Gasteiger partial charge in [0, 0.05) is 12.8 Å². The van der Waals surface area contributed by atoms with Gasteiger partial charge >= 0.3 is 0 Å². The van der Waals surface area contributed by atoms with E-state index in [1.54, 1.807) is 6.07 Å². The number of rotatable bonds is 5. The third-order valence-electron chi connectivity index (χ3n) is 4.03. The number of aryl methyl sites for hydroxylation is 1. The fraction of sp³-hybridized carbons (Fsp3) is 0.158. The van der Waals surface area contributed by atoms with Gasteiger partial charge in [-0.25, -0.2) is 9.97 Å². The molecule has 0 radical (unpaired) electrons. The van der Waals surface area contributed by atoms with Crippen molar-refractivity contribution in [3.05, 3.63) is 70.5 Å². The van der Waals surface area contributed by atoms with Crippen molar-refractivity contribution in [1.82, 2.24) is 20.3 Å². The zero-order chi connectivity index (χ0) is 17.9. The first-order valence-electron chi connectivity index (χ1n) is 8.28. The van der Waals surface area contributed by atoms with Gasteiger partial charge < -0.3 is 14.7 Å². The minimum atomic E-state index is -0.268. The largest absolute Gasteiger partial charge is 0.439 e. The van der Waals surface area contributed by atoms with Gasteiger partial charge in [0.2, 0.25) is 11.8 Å². The number of carbonyl (C=O) groups excluding carboxylic acids is 1. The van der Waals surface area contributed by atoms with Crippen LogP contribution >= 0.6 is 0 Å². The zero-order valence-corrected chi connectivity index (χ0v) is 13.9. The number of hydrogen-bond acceptors (Lipinski definition) is 5. The molecule has 0 saturated carbocycles. The normalized spacial score (nSPS) is 11.1. The number of carbonyl (C=O) groups is 1. The number of aromatic amines is 1. The molecule has 0 aliphatic heterocycles. The second-order valence-corrected chi connectivity index (χ2v) is 5.88. The van der Waals surface area contributed by atoms with Crippen LogP contribution in [0.5, 0.6) is 0 Å². The molecule has 2 aromatic carbocycles. The molecule has 2 aromatic heterocycles. The molecule has 7 heteroatoms. The number of fused-ring (bicyclic) bond motifs is 2. The summed E-state index contributed by atoms with van der Waals surface area (Å²) in [6, 6.07) is 14.7. The predicted molar refractivity (Wildman–Crippen MR) is 96.5 cm³/mol. The Balaban J connectivity index is 1.38. The van der Waals surface area contributed by atoms with Crippen molar-refractivity contribution in [1.29, 1.82) is 0 Å². The summed E-state index contributed by atoms with van der Waals surface area (Å²) >= 11 is 0. The maximum atomic E-state index is 12.1. The van der Waals surface area contributed by atoms with E-state index in [1.165, 1.54) is 0 Å². The highest BCUT2D eigenvalue weighted by molar-refractivity contribution is 5.77. The second kappa shape index (κ2) is 6.79. The summed E-state index contributed by atoms with van der Waals surface area (Å²) < 4.78 is 5.56. The number of hydrogen-bond donors (Lipinski definition) is 2. The first kappa shape index (κ1) is 16.0. The maximum absolute atomic E-state index is 12.1. The maximum Gasteiger partial charge on any atom is 0.270 e. The second-order valence-electron chi connectivity index (χ2n) is 5.88. The van der Waals surface area contributed by atoms with E-state index >= 15 is 0 Å². The summed E-state index contributed by atoms with van der Waals surface area (Å²) in [4.78, 5) is 35.5. The smallest absolute Gasteiger partial charge is 0.270 e. The number of H-pyrrole nitrogens is 1. The molecule has 26 heavy (non-hydrogen) atoms. The molecule has 0 atom stereocenters. The van der Waals surface area contributed by atoms with Gasteiger partial charge in [0.1, 0.15) is 11.2 Å². The molecule has 0 saturated heterocycles. The molecule has 0 aliphatic carbocycles. The van der Waals surface area contributed by atoms with Crippen molar-refractivity contribution >= 4 is 28.0 Å². The van der Waals surface area contributed by atoms with E-state index in [0.717, 1.165) is 5.52 Å². The number of aromatic nitrogens is 3. The van der Waals surface area contributed by atoms with Crippen molar-refractivity contribution in [2.75, 3.05) is 0 Å². The highest BCUT2D eigenvalue weighted by Crippen LogP contribution is 2.14.